The predicted octanol–water partition coefficient (Wildman–Crippen LogP) is 6.29. The van der Waals surface area contributed by atoms with Crippen molar-refractivity contribution in [3.8, 4) is 0 Å². The van der Waals surface area contributed by atoms with Crippen LogP contribution in [0.1, 0.15) is 18.4 Å². The zero-order valence-electron chi connectivity index (χ0n) is 17.9. The van der Waals surface area contributed by atoms with Crippen LogP contribution in [0.5, 0.6) is 0 Å². The fourth-order valence-electron chi connectivity index (χ4n) is 2.93. The zero-order chi connectivity index (χ0) is 29.5. The summed E-state index contributed by atoms with van der Waals surface area (Å²) < 4.78 is 204. The molecule has 1 aromatic rings. The summed E-state index contributed by atoms with van der Waals surface area (Å²) >= 11 is 0. The first-order valence-corrected chi connectivity index (χ1v) is 9.45. The van der Waals surface area contributed by atoms with Crippen LogP contribution in [0.25, 0.3) is 0 Å². The molecule has 0 aliphatic rings. The SMILES string of the molecule is COC(=O)C(O)(CCc1ccccc1)CC(F)(F)C(F)(F)C(F)(F)C(F)(F)C(F)(F)C(F)(F)C(F)(F)F. The Morgan fingerprint density at radius 2 is 1.11 bits per heavy atom. The highest BCUT2D eigenvalue weighted by Gasteiger charge is 2.93. The molecule has 0 saturated heterocycles. The quantitative estimate of drug-likeness (QED) is 0.249. The molecule has 214 valence electrons. The molecule has 37 heavy (non-hydrogen) atoms. The van der Waals surface area contributed by atoms with Crippen molar-refractivity contribution >= 4 is 5.97 Å². The van der Waals surface area contributed by atoms with Crippen molar-refractivity contribution in [2.45, 2.75) is 66.6 Å². The molecule has 1 rings (SSSR count). The molecule has 0 aliphatic heterocycles. The summed E-state index contributed by atoms with van der Waals surface area (Å²) in [4.78, 5) is 11.8. The normalized spacial score (nSPS) is 16.4. The standard InChI is InChI=1S/C19H15F15O3/c1-37-11(35)12(36,8-7-10-5-3-2-4-6-10)9-13(20,21)14(22,23)15(24,25)16(26,27)17(28,29)18(30,31)19(32,33)34/h2-6,36H,7-9H2,1H3. The van der Waals surface area contributed by atoms with Gasteiger partial charge in [0.2, 0.25) is 0 Å². The predicted molar refractivity (Wildman–Crippen MR) is 92.1 cm³/mol. The minimum Gasteiger partial charge on any atom is -0.467 e. The Labute approximate surface area is 197 Å². The molecule has 0 aromatic heterocycles. The molecule has 0 radical (unpaired) electrons. The lowest BCUT2D eigenvalue weighted by atomic mass is 9.83. The van der Waals surface area contributed by atoms with Gasteiger partial charge in [-0.2, -0.15) is 65.9 Å². The second kappa shape index (κ2) is 9.72. The first-order chi connectivity index (χ1) is 16.3. The molecule has 0 aliphatic carbocycles. The second-order valence-corrected chi connectivity index (χ2v) is 7.76. The van der Waals surface area contributed by atoms with Gasteiger partial charge in [-0.3, -0.25) is 0 Å². The van der Waals surface area contributed by atoms with Crippen molar-refractivity contribution in [3.05, 3.63) is 35.9 Å². The van der Waals surface area contributed by atoms with E-state index in [9.17, 15) is 75.8 Å². The third-order valence-corrected chi connectivity index (χ3v) is 5.14. The molecule has 3 nitrogen and oxygen atoms in total. The Balaban J connectivity index is 3.51. The van der Waals surface area contributed by atoms with E-state index in [-0.39, 0.29) is 5.56 Å². The lowest BCUT2D eigenvalue weighted by molar-refractivity contribution is -0.453. The Kier molecular flexibility index (Phi) is 8.57. The Hall–Kier alpha value is -2.40. The molecular formula is C19H15F15O3. The molecule has 1 atom stereocenters. The van der Waals surface area contributed by atoms with Crippen molar-refractivity contribution in [2.75, 3.05) is 7.11 Å². The molecular weight excluding hydrogens is 561 g/mol. The summed E-state index contributed by atoms with van der Waals surface area (Å²) in [6, 6.07) is 6.55. The van der Waals surface area contributed by atoms with Crippen LogP contribution in [0.3, 0.4) is 0 Å². The van der Waals surface area contributed by atoms with Crippen LogP contribution in [0.15, 0.2) is 30.3 Å². The van der Waals surface area contributed by atoms with Gasteiger partial charge in [0.1, 0.15) is 0 Å². The molecule has 1 aromatic carbocycles. The van der Waals surface area contributed by atoms with E-state index in [1.807, 2.05) is 0 Å². The van der Waals surface area contributed by atoms with Gasteiger partial charge in [-0.05, 0) is 18.4 Å². The summed E-state index contributed by atoms with van der Waals surface area (Å²) in [5.41, 5.74) is -3.77. The highest BCUT2D eigenvalue weighted by Crippen LogP contribution is 2.63. The second-order valence-electron chi connectivity index (χ2n) is 7.76. The molecule has 18 heteroatoms. The number of benzene rings is 1. The first kappa shape index (κ1) is 32.6. The number of aliphatic hydroxyl groups is 1. The van der Waals surface area contributed by atoms with Gasteiger partial charge in [0.05, 0.1) is 13.5 Å². The van der Waals surface area contributed by atoms with Crippen LogP contribution in [-0.4, -0.2) is 65.5 Å². The number of aryl methyl sites for hydroxylation is 1. The van der Waals surface area contributed by atoms with Gasteiger partial charge in [0.15, 0.2) is 5.60 Å². The van der Waals surface area contributed by atoms with Crippen molar-refractivity contribution < 1.29 is 80.5 Å². The largest absolute Gasteiger partial charge is 0.467 e. The van der Waals surface area contributed by atoms with Crippen molar-refractivity contribution in [2.24, 2.45) is 0 Å². The van der Waals surface area contributed by atoms with E-state index in [2.05, 4.69) is 4.74 Å². The summed E-state index contributed by atoms with van der Waals surface area (Å²) in [6.45, 7) is 0. The van der Waals surface area contributed by atoms with E-state index in [0.29, 0.717) is 7.11 Å². The third-order valence-electron chi connectivity index (χ3n) is 5.14. The molecule has 0 spiro atoms. The Morgan fingerprint density at radius 1 is 0.703 bits per heavy atom. The van der Waals surface area contributed by atoms with E-state index in [1.165, 1.54) is 30.3 Å². The van der Waals surface area contributed by atoms with E-state index < -0.39 is 72.5 Å². The van der Waals surface area contributed by atoms with Gasteiger partial charge in [0, 0.05) is 0 Å². The number of carbonyl (C=O) groups is 1. The first-order valence-electron chi connectivity index (χ1n) is 9.45. The number of hydrogen-bond donors (Lipinski definition) is 1. The summed E-state index contributed by atoms with van der Waals surface area (Å²) in [5, 5.41) is 10.2. The van der Waals surface area contributed by atoms with Crippen LogP contribution < -0.4 is 0 Å². The average molecular weight is 576 g/mol. The van der Waals surface area contributed by atoms with Gasteiger partial charge in [-0.15, -0.1) is 0 Å². The number of hydrogen-bond acceptors (Lipinski definition) is 3. The van der Waals surface area contributed by atoms with E-state index in [1.54, 1.807) is 0 Å². The highest BCUT2D eigenvalue weighted by atomic mass is 19.4. The van der Waals surface area contributed by atoms with Gasteiger partial charge in [-0.1, -0.05) is 30.3 Å². The van der Waals surface area contributed by atoms with Crippen LogP contribution in [0.2, 0.25) is 0 Å². The molecule has 0 bridgehead atoms. The highest BCUT2D eigenvalue weighted by molar-refractivity contribution is 5.79. The minimum atomic E-state index is -8.46. The number of methoxy groups -OCH3 is 1. The van der Waals surface area contributed by atoms with Gasteiger partial charge in [0.25, 0.3) is 0 Å². The number of alkyl halides is 15. The van der Waals surface area contributed by atoms with E-state index in [4.69, 9.17) is 0 Å². The summed E-state index contributed by atoms with van der Waals surface area (Å²) in [5.74, 6) is -50.1. The maximum Gasteiger partial charge on any atom is 0.460 e. The van der Waals surface area contributed by atoms with Crippen LogP contribution >= 0.6 is 0 Å². The zero-order valence-corrected chi connectivity index (χ0v) is 17.9. The number of esters is 1. The third kappa shape index (κ3) is 5.30. The van der Waals surface area contributed by atoms with Crippen molar-refractivity contribution in [1.29, 1.82) is 0 Å². The van der Waals surface area contributed by atoms with Gasteiger partial charge >= 0.3 is 47.7 Å². The molecule has 1 unspecified atom stereocenters. The minimum absolute atomic E-state index is 0.116. The summed E-state index contributed by atoms with van der Waals surface area (Å²) in [6.07, 6.45) is -12.9. The van der Waals surface area contributed by atoms with Gasteiger partial charge in [-0.25, -0.2) is 4.79 Å². The van der Waals surface area contributed by atoms with Crippen molar-refractivity contribution in [3.63, 3.8) is 0 Å². The van der Waals surface area contributed by atoms with E-state index in [0.717, 1.165) is 0 Å². The molecule has 0 heterocycles. The average Bonchev–Trinajstić information content (AvgIpc) is 2.76. The fraction of sp³-hybridized carbons (Fsp3) is 0.632. The number of ether oxygens (including phenoxy) is 1. The Bertz CT molecular complexity index is 944. The van der Waals surface area contributed by atoms with Crippen LogP contribution in [-0.2, 0) is 16.0 Å². The monoisotopic (exact) mass is 576 g/mol. The van der Waals surface area contributed by atoms with E-state index >= 15 is 0 Å². The summed E-state index contributed by atoms with van der Waals surface area (Å²) in [7, 11) is 0.384. The van der Waals surface area contributed by atoms with Crippen LogP contribution in [0.4, 0.5) is 65.9 Å². The van der Waals surface area contributed by atoms with Gasteiger partial charge < -0.3 is 9.84 Å². The maximum absolute atomic E-state index is 14.3. The lowest BCUT2D eigenvalue weighted by Crippen LogP contribution is -2.73. The number of halogens is 15. The topological polar surface area (TPSA) is 46.5 Å². The number of rotatable bonds is 11. The fourth-order valence-corrected chi connectivity index (χ4v) is 2.93. The smallest absolute Gasteiger partial charge is 0.460 e. The Morgan fingerprint density at radius 3 is 1.51 bits per heavy atom. The molecule has 1 N–H and O–H groups in total. The molecule has 0 amide bonds. The lowest BCUT2D eigenvalue weighted by Gasteiger charge is -2.42. The van der Waals surface area contributed by atoms with Crippen molar-refractivity contribution in [1.82, 2.24) is 0 Å². The maximum atomic E-state index is 14.3. The molecule has 0 fully saturated rings. The molecule has 0 saturated carbocycles. The number of carbonyl (C=O) groups excluding carboxylic acids is 1. The van der Waals surface area contributed by atoms with Crippen LogP contribution in [0, 0.1) is 0 Å².